The number of rotatable bonds is 8. The van der Waals surface area contributed by atoms with Crippen molar-refractivity contribution in [1.29, 1.82) is 0 Å². The lowest BCUT2D eigenvalue weighted by atomic mass is 10.1. The molecule has 3 rings (SSSR count). The van der Waals surface area contributed by atoms with E-state index in [4.69, 9.17) is 9.26 Å². The summed E-state index contributed by atoms with van der Waals surface area (Å²) >= 11 is 0. The first-order chi connectivity index (χ1) is 14.0. The van der Waals surface area contributed by atoms with Gasteiger partial charge in [-0.1, -0.05) is 41.6 Å². The molecule has 0 radical (unpaired) electrons. The fourth-order valence-electron chi connectivity index (χ4n) is 2.48. The monoisotopic (exact) mass is 394 g/mol. The van der Waals surface area contributed by atoms with Gasteiger partial charge in [-0.15, -0.1) is 0 Å². The van der Waals surface area contributed by atoms with Gasteiger partial charge in [0.2, 0.25) is 5.82 Å². The summed E-state index contributed by atoms with van der Waals surface area (Å²) in [6.07, 6.45) is 0. The maximum atomic E-state index is 12.1. The zero-order valence-electron chi connectivity index (χ0n) is 16.3. The van der Waals surface area contributed by atoms with Gasteiger partial charge in [-0.3, -0.25) is 9.59 Å². The van der Waals surface area contributed by atoms with Gasteiger partial charge in [0.05, 0.1) is 0 Å². The number of carbonyl (C=O) groups excluding carboxylic acids is 2. The van der Waals surface area contributed by atoms with E-state index in [2.05, 4.69) is 20.8 Å². The van der Waals surface area contributed by atoms with Gasteiger partial charge in [-0.25, -0.2) is 0 Å². The molecule has 0 spiro atoms. The van der Waals surface area contributed by atoms with E-state index < -0.39 is 5.91 Å². The second kappa shape index (κ2) is 9.50. The van der Waals surface area contributed by atoms with Crippen molar-refractivity contribution in [2.45, 2.75) is 13.8 Å². The third-order valence-electron chi connectivity index (χ3n) is 4.23. The zero-order valence-corrected chi connectivity index (χ0v) is 16.3. The quantitative estimate of drug-likeness (QED) is 0.568. The van der Waals surface area contributed by atoms with Gasteiger partial charge < -0.3 is 19.9 Å². The van der Waals surface area contributed by atoms with Gasteiger partial charge in [0.1, 0.15) is 5.75 Å². The highest BCUT2D eigenvalue weighted by Crippen LogP contribution is 2.16. The van der Waals surface area contributed by atoms with Crippen LogP contribution < -0.4 is 15.4 Å². The number of aromatic nitrogens is 2. The third kappa shape index (κ3) is 5.65. The molecule has 0 saturated carbocycles. The Kier molecular flexibility index (Phi) is 6.57. The first-order valence-electron chi connectivity index (χ1n) is 9.17. The molecule has 2 aromatic carbocycles. The van der Waals surface area contributed by atoms with Crippen molar-refractivity contribution in [3.63, 3.8) is 0 Å². The van der Waals surface area contributed by atoms with Crippen molar-refractivity contribution in [3.05, 3.63) is 65.5 Å². The number of nitrogens with one attached hydrogen (secondary N) is 2. The summed E-state index contributed by atoms with van der Waals surface area (Å²) in [4.78, 5) is 28.0. The average Bonchev–Trinajstić information content (AvgIpc) is 3.23. The fourth-order valence-corrected chi connectivity index (χ4v) is 2.48. The number of amides is 2. The van der Waals surface area contributed by atoms with Gasteiger partial charge in [-0.05, 0) is 37.1 Å². The summed E-state index contributed by atoms with van der Waals surface area (Å²) in [5, 5.41) is 9.08. The molecule has 8 nitrogen and oxygen atoms in total. The van der Waals surface area contributed by atoms with Crippen molar-refractivity contribution < 1.29 is 18.8 Å². The van der Waals surface area contributed by atoms with Crippen molar-refractivity contribution in [3.8, 4) is 17.1 Å². The minimum absolute atomic E-state index is 0.0967. The average molecular weight is 394 g/mol. The Bertz CT molecular complexity index is 985. The van der Waals surface area contributed by atoms with Crippen LogP contribution in [-0.4, -0.2) is 41.7 Å². The number of aryl methyl sites for hydroxylation is 2. The second-order valence-corrected chi connectivity index (χ2v) is 6.43. The summed E-state index contributed by atoms with van der Waals surface area (Å²) in [6.45, 7) is 4.37. The van der Waals surface area contributed by atoms with Crippen LogP contribution in [0.25, 0.3) is 11.4 Å². The number of hydrogen-bond donors (Lipinski definition) is 2. The first kappa shape index (κ1) is 20.1. The van der Waals surface area contributed by atoms with Gasteiger partial charge >= 0.3 is 11.8 Å². The van der Waals surface area contributed by atoms with E-state index in [9.17, 15) is 9.59 Å². The summed E-state index contributed by atoms with van der Waals surface area (Å²) in [6, 6.07) is 14.9. The lowest BCUT2D eigenvalue weighted by Crippen LogP contribution is -2.36. The number of benzene rings is 2. The molecular formula is C21H22N4O4. The number of carbonyl (C=O) groups is 2. The van der Waals surface area contributed by atoms with Crippen molar-refractivity contribution in [1.82, 2.24) is 20.8 Å². The molecule has 150 valence electrons. The Balaban J connectivity index is 1.37. The summed E-state index contributed by atoms with van der Waals surface area (Å²) in [7, 11) is 0. The van der Waals surface area contributed by atoms with Gasteiger partial charge in [0.25, 0.3) is 5.91 Å². The molecule has 0 bridgehead atoms. The molecule has 29 heavy (non-hydrogen) atoms. The van der Waals surface area contributed by atoms with Crippen LogP contribution >= 0.6 is 0 Å². The zero-order chi connectivity index (χ0) is 20.6. The Morgan fingerprint density at radius 3 is 2.52 bits per heavy atom. The van der Waals surface area contributed by atoms with E-state index in [1.165, 1.54) is 0 Å². The molecular weight excluding hydrogens is 372 g/mol. The second-order valence-electron chi connectivity index (χ2n) is 6.43. The standard InChI is InChI=1S/C21H22N4O4/c1-14-8-9-17(12-15(14)2)28-13-18(26)22-10-11-23-20(27)21-24-19(25-29-21)16-6-4-3-5-7-16/h3-9,12H,10-11,13H2,1-2H3,(H,22,26)(H,23,27). The van der Waals surface area contributed by atoms with Crippen LogP contribution in [0.5, 0.6) is 5.75 Å². The fraction of sp³-hybridized carbons (Fsp3) is 0.238. The van der Waals surface area contributed by atoms with Crippen LogP contribution in [0.1, 0.15) is 21.8 Å². The van der Waals surface area contributed by atoms with Crippen LogP contribution in [0.4, 0.5) is 0 Å². The highest BCUT2D eigenvalue weighted by molar-refractivity contribution is 5.89. The predicted molar refractivity (Wildman–Crippen MR) is 106 cm³/mol. The van der Waals surface area contributed by atoms with E-state index in [1.54, 1.807) is 0 Å². The van der Waals surface area contributed by atoms with Crippen molar-refractivity contribution >= 4 is 11.8 Å². The molecule has 0 unspecified atom stereocenters. The molecule has 0 aliphatic heterocycles. The smallest absolute Gasteiger partial charge is 0.316 e. The maximum Gasteiger partial charge on any atom is 0.316 e. The van der Waals surface area contributed by atoms with Gasteiger partial charge in [0.15, 0.2) is 6.61 Å². The van der Waals surface area contributed by atoms with Crippen LogP contribution in [-0.2, 0) is 4.79 Å². The minimum Gasteiger partial charge on any atom is -0.484 e. The Hall–Kier alpha value is -3.68. The topological polar surface area (TPSA) is 106 Å². The molecule has 3 aromatic rings. The molecule has 2 amide bonds. The lowest BCUT2D eigenvalue weighted by Gasteiger charge is -2.09. The molecule has 2 N–H and O–H groups in total. The van der Waals surface area contributed by atoms with Crippen LogP contribution in [0, 0.1) is 13.8 Å². The van der Waals surface area contributed by atoms with E-state index in [-0.39, 0.29) is 31.5 Å². The van der Waals surface area contributed by atoms with Gasteiger partial charge in [-0.2, -0.15) is 4.98 Å². The molecule has 1 aromatic heterocycles. The minimum atomic E-state index is -0.500. The molecule has 0 aliphatic rings. The molecule has 8 heteroatoms. The Labute approximate surface area is 168 Å². The maximum absolute atomic E-state index is 12.1. The molecule has 1 heterocycles. The lowest BCUT2D eigenvalue weighted by molar-refractivity contribution is -0.123. The third-order valence-corrected chi connectivity index (χ3v) is 4.23. The number of ether oxygens (including phenoxy) is 1. The largest absolute Gasteiger partial charge is 0.484 e. The van der Waals surface area contributed by atoms with Crippen molar-refractivity contribution in [2.24, 2.45) is 0 Å². The molecule has 0 fully saturated rings. The highest BCUT2D eigenvalue weighted by atomic mass is 16.5. The van der Waals surface area contributed by atoms with Crippen LogP contribution in [0.2, 0.25) is 0 Å². The number of hydrogen-bond acceptors (Lipinski definition) is 6. The normalized spacial score (nSPS) is 10.4. The predicted octanol–water partition coefficient (Wildman–Crippen LogP) is 2.28. The SMILES string of the molecule is Cc1ccc(OCC(=O)NCCNC(=O)c2nc(-c3ccccc3)no2)cc1C. The summed E-state index contributed by atoms with van der Waals surface area (Å²) < 4.78 is 10.4. The number of nitrogens with zero attached hydrogens (tertiary/aromatic N) is 2. The van der Waals surface area contributed by atoms with Gasteiger partial charge in [0, 0.05) is 18.7 Å². The molecule has 0 aliphatic carbocycles. The summed E-state index contributed by atoms with van der Waals surface area (Å²) in [5.74, 6) is 0.0740. The molecule has 0 saturated heterocycles. The van der Waals surface area contributed by atoms with Crippen molar-refractivity contribution in [2.75, 3.05) is 19.7 Å². The van der Waals surface area contributed by atoms with Crippen LogP contribution in [0.15, 0.2) is 53.1 Å². The van der Waals surface area contributed by atoms with Crippen LogP contribution in [0.3, 0.4) is 0 Å². The Morgan fingerprint density at radius 1 is 1.00 bits per heavy atom. The van der Waals surface area contributed by atoms with E-state index in [1.807, 2.05) is 62.4 Å². The highest BCUT2D eigenvalue weighted by Gasteiger charge is 2.15. The van der Waals surface area contributed by atoms with E-state index in [0.29, 0.717) is 11.6 Å². The van der Waals surface area contributed by atoms with E-state index in [0.717, 1.165) is 16.7 Å². The summed E-state index contributed by atoms with van der Waals surface area (Å²) in [5.41, 5.74) is 3.02. The molecule has 0 atom stereocenters. The van der Waals surface area contributed by atoms with E-state index >= 15 is 0 Å². The Morgan fingerprint density at radius 2 is 1.76 bits per heavy atom. The first-order valence-corrected chi connectivity index (χ1v) is 9.17.